The lowest BCUT2D eigenvalue weighted by molar-refractivity contribution is 0.163. The molecule has 0 aromatic rings. The fourth-order valence-corrected chi connectivity index (χ4v) is 0.167. The summed E-state index contributed by atoms with van der Waals surface area (Å²) in [5, 5.41) is 0. The smallest absolute Gasteiger partial charge is 0.274 e. The van der Waals surface area contributed by atoms with E-state index in [4.69, 9.17) is 0 Å². The minimum Gasteiger partial charge on any atom is -0.474 e. The number of alkyl halides is 2. The molecule has 0 aliphatic carbocycles. The van der Waals surface area contributed by atoms with Gasteiger partial charge >= 0.3 is 0 Å². The van der Waals surface area contributed by atoms with Crippen LogP contribution in [0.3, 0.4) is 0 Å². The molecule has 0 spiro atoms. The molecule has 0 amide bonds. The average molecular weight is 126 g/mol. The Kier molecular flexibility index (Phi) is 3.07. The number of hydrogen-bond acceptors (Lipinski definition) is 1. The molecule has 0 aliphatic heterocycles. The molecule has 0 atom stereocenters. The Morgan fingerprint density at radius 3 is 2.25 bits per heavy atom. The van der Waals surface area contributed by atoms with Gasteiger partial charge in [0.05, 0.1) is 13.2 Å². The van der Waals surface area contributed by atoms with Crippen LogP contribution in [0.15, 0.2) is 12.1 Å². The van der Waals surface area contributed by atoms with Gasteiger partial charge in [-0.2, -0.15) is 4.39 Å². The third-order valence-electron chi connectivity index (χ3n) is 0.452. The molecule has 0 radical (unpaired) electrons. The van der Waals surface area contributed by atoms with Gasteiger partial charge in [-0.1, -0.05) is 0 Å². The Labute approximate surface area is 44.8 Å². The summed E-state index contributed by atoms with van der Waals surface area (Å²) in [6.07, 6.45) is -2.70. The largest absolute Gasteiger partial charge is 0.474 e. The van der Waals surface area contributed by atoms with Crippen molar-refractivity contribution in [3.8, 4) is 0 Å². The fraction of sp³-hybridized carbons (Fsp3) is 0.500. The Morgan fingerprint density at radius 2 is 2.12 bits per heavy atom. The minimum atomic E-state index is -2.78. The SMILES string of the molecule is CO/C(F)=C/C(F)F. The first-order valence-electron chi connectivity index (χ1n) is 1.86. The van der Waals surface area contributed by atoms with E-state index in [2.05, 4.69) is 4.74 Å². The van der Waals surface area contributed by atoms with E-state index in [0.717, 1.165) is 7.11 Å². The molecule has 1 nitrogen and oxygen atoms in total. The lowest BCUT2D eigenvalue weighted by Gasteiger charge is -1.90. The maximum Gasteiger partial charge on any atom is 0.274 e. The number of halogens is 3. The number of methoxy groups -OCH3 is 1. The van der Waals surface area contributed by atoms with Gasteiger partial charge in [0.1, 0.15) is 0 Å². The summed E-state index contributed by atoms with van der Waals surface area (Å²) in [4.78, 5) is 0. The molecule has 4 heteroatoms. The topological polar surface area (TPSA) is 9.23 Å². The summed E-state index contributed by atoms with van der Waals surface area (Å²) < 4.78 is 37.5. The monoisotopic (exact) mass is 126 g/mol. The van der Waals surface area contributed by atoms with Gasteiger partial charge in [-0.15, -0.1) is 0 Å². The van der Waals surface area contributed by atoms with Crippen molar-refractivity contribution in [2.75, 3.05) is 7.11 Å². The van der Waals surface area contributed by atoms with E-state index in [1.54, 1.807) is 0 Å². The van der Waals surface area contributed by atoms with Crippen molar-refractivity contribution >= 4 is 0 Å². The molecule has 0 bridgehead atoms. The molecular formula is C4H5F3O. The molecule has 0 aromatic carbocycles. The molecule has 0 N–H and O–H groups in total. The molecule has 0 aromatic heterocycles. The van der Waals surface area contributed by atoms with Crippen LogP contribution in [-0.4, -0.2) is 13.5 Å². The predicted molar refractivity (Wildman–Crippen MR) is 22.2 cm³/mol. The fourth-order valence-electron chi connectivity index (χ4n) is 0.167. The quantitative estimate of drug-likeness (QED) is 0.512. The van der Waals surface area contributed by atoms with E-state index >= 15 is 0 Å². The highest BCUT2D eigenvalue weighted by Gasteiger charge is 1.99. The van der Waals surface area contributed by atoms with Crippen molar-refractivity contribution in [1.29, 1.82) is 0 Å². The molecule has 8 heavy (non-hydrogen) atoms. The second kappa shape index (κ2) is 3.35. The molecule has 0 saturated carbocycles. The van der Waals surface area contributed by atoms with Crippen molar-refractivity contribution in [1.82, 2.24) is 0 Å². The number of ether oxygens (including phenoxy) is 1. The number of hydrogen-bond donors (Lipinski definition) is 0. The van der Waals surface area contributed by atoms with Crippen LogP contribution in [0.2, 0.25) is 0 Å². The Hall–Kier alpha value is -0.670. The molecule has 0 aliphatic rings. The van der Waals surface area contributed by atoms with Crippen LogP contribution < -0.4 is 0 Å². The van der Waals surface area contributed by atoms with Gasteiger partial charge in [0.15, 0.2) is 0 Å². The molecular weight excluding hydrogens is 121 g/mol. The van der Waals surface area contributed by atoms with Crippen molar-refractivity contribution < 1.29 is 17.9 Å². The van der Waals surface area contributed by atoms with Gasteiger partial charge in [0, 0.05) is 0 Å². The normalized spacial score (nSPS) is 12.4. The van der Waals surface area contributed by atoms with Crippen LogP contribution in [0.4, 0.5) is 13.2 Å². The van der Waals surface area contributed by atoms with Crippen molar-refractivity contribution in [2.45, 2.75) is 6.43 Å². The van der Waals surface area contributed by atoms with Crippen LogP contribution in [0.25, 0.3) is 0 Å². The van der Waals surface area contributed by atoms with Gasteiger partial charge in [-0.05, 0) is 0 Å². The van der Waals surface area contributed by atoms with Crippen LogP contribution in [0.1, 0.15) is 0 Å². The van der Waals surface area contributed by atoms with Crippen LogP contribution >= 0.6 is 0 Å². The lowest BCUT2D eigenvalue weighted by Crippen LogP contribution is -1.85. The molecule has 48 valence electrons. The summed E-state index contributed by atoms with van der Waals surface area (Å²) >= 11 is 0. The highest BCUT2D eigenvalue weighted by Crippen LogP contribution is 2.02. The van der Waals surface area contributed by atoms with Gasteiger partial charge in [0.2, 0.25) is 0 Å². The van der Waals surface area contributed by atoms with E-state index in [9.17, 15) is 13.2 Å². The average Bonchev–Trinajstić information content (AvgIpc) is 1.65. The number of allylic oxidation sites excluding steroid dienone is 1. The summed E-state index contributed by atoms with van der Waals surface area (Å²) in [5.74, 6) is 0. The van der Waals surface area contributed by atoms with E-state index in [0.29, 0.717) is 0 Å². The van der Waals surface area contributed by atoms with E-state index < -0.39 is 12.4 Å². The van der Waals surface area contributed by atoms with Gasteiger partial charge < -0.3 is 4.74 Å². The minimum absolute atomic E-state index is 0.0833. The Balaban J connectivity index is 3.56. The zero-order chi connectivity index (χ0) is 6.57. The summed E-state index contributed by atoms with van der Waals surface area (Å²) in [5.41, 5.74) is 0. The first-order valence-corrected chi connectivity index (χ1v) is 1.86. The third-order valence-corrected chi connectivity index (χ3v) is 0.452. The maximum absolute atomic E-state index is 11.5. The van der Waals surface area contributed by atoms with Crippen LogP contribution in [0, 0.1) is 0 Å². The second-order valence-corrected chi connectivity index (χ2v) is 1.01. The lowest BCUT2D eigenvalue weighted by atomic mass is 10.6. The van der Waals surface area contributed by atoms with Crippen molar-refractivity contribution in [3.05, 3.63) is 12.1 Å². The summed E-state index contributed by atoms with van der Waals surface area (Å²) in [6, 6.07) is -1.25. The highest BCUT2D eigenvalue weighted by atomic mass is 19.3. The summed E-state index contributed by atoms with van der Waals surface area (Å²) in [6.45, 7) is 0. The van der Waals surface area contributed by atoms with Gasteiger partial charge in [-0.3, -0.25) is 0 Å². The third kappa shape index (κ3) is 3.52. The molecule has 0 fully saturated rings. The first kappa shape index (κ1) is 7.33. The summed E-state index contributed by atoms with van der Waals surface area (Å²) in [7, 11) is 0.980. The van der Waals surface area contributed by atoms with Gasteiger partial charge in [-0.25, -0.2) is 8.78 Å². The Bertz CT molecular complexity index is 89.3. The van der Waals surface area contributed by atoms with E-state index in [-0.39, 0.29) is 6.08 Å². The zero-order valence-corrected chi connectivity index (χ0v) is 4.20. The van der Waals surface area contributed by atoms with Gasteiger partial charge in [0.25, 0.3) is 12.4 Å². The molecule has 0 heterocycles. The van der Waals surface area contributed by atoms with Crippen LogP contribution in [0.5, 0.6) is 0 Å². The predicted octanol–water partition coefficient (Wildman–Crippen LogP) is 1.71. The van der Waals surface area contributed by atoms with Crippen molar-refractivity contribution in [2.24, 2.45) is 0 Å². The zero-order valence-electron chi connectivity index (χ0n) is 4.20. The van der Waals surface area contributed by atoms with E-state index in [1.165, 1.54) is 0 Å². The number of rotatable bonds is 2. The van der Waals surface area contributed by atoms with Crippen LogP contribution in [-0.2, 0) is 4.74 Å². The second-order valence-electron chi connectivity index (χ2n) is 1.01. The molecule has 0 rings (SSSR count). The maximum atomic E-state index is 11.5. The van der Waals surface area contributed by atoms with E-state index in [1.807, 2.05) is 0 Å². The molecule has 0 saturated heterocycles. The van der Waals surface area contributed by atoms with Crippen molar-refractivity contribution in [3.63, 3.8) is 0 Å². The molecule has 0 unspecified atom stereocenters. The Morgan fingerprint density at radius 1 is 1.62 bits per heavy atom. The first-order chi connectivity index (χ1) is 3.66. The highest BCUT2D eigenvalue weighted by molar-refractivity contribution is 4.83. The standard InChI is InChI=1S/C4H5F3O/c1-8-4(7)2-3(5)6/h2-3H,1H3/b4-2+.